The van der Waals surface area contributed by atoms with Gasteiger partial charge in [-0.15, -0.1) is 0 Å². The third-order valence-electron chi connectivity index (χ3n) is 4.06. The van der Waals surface area contributed by atoms with Crippen molar-refractivity contribution in [2.45, 2.75) is 26.3 Å². The number of benzene rings is 1. The van der Waals surface area contributed by atoms with E-state index < -0.39 is 12.0 Å². The van der Waals surface area contributed by atoms with Crippen LogP contribution in [0.2, 0.25) is 5.02 Å². The second-order valence-electron chi connectivity index (χ2n) is 6.61. The molecular weight excluding hydrogens is 350 g/mol. The molecule has 1 unspecified atom stereocenters. The minimum absolute atomic E-state index is 0.237. The number of carboxylic acid groups (broad SMARTS) is 1. The average Bonchev–Trinajstić information content (AvgIpc) is 2.61. The lowest BCUT2D eigenvalue weighted by molar-refractivity contribution is -0.138. The van der Waals surface area contributed by atoms with Gasteiger partial charge in [0.2, 0.25) is 0 Å². The third-order valence-corrected chi connectivity index (χ3v) is 4.31. The Kier molecular flexibility index (Phi) is 5.38. The number of aromatic nitrogens is 2. The minimum Gasteiger partial charge on any atom is -0.480 e. The Morgan fingerprint density at radius 1 is 1.23 bits per heavy atom. The van der Waals surface area contributed by atoms with Crippen molar-refractivity contribution in [2.75, 3.05) is 5.32 Å². The molecule has 0 bridgehead atoms. The number of nitrogens with one attached hydrogen (secondary N) is 1. The van der Waals surface area contributed by atoms with E-state index in [9.17, 15) is 9.90 Å². The maximum atomic E-state index is 11.7. The van der Waals surface area contributed by atoms with Crippen LogP contribution in [-0.2, 0) is 4.79 Å². The number of anilines is 1. The van der Waals surface area contributed by atoms with Crippen LogP contribution < -0.4 is 5.32 Å². The first-order valence-electron chi connectivity index (χ1n) is 8.45. The number of halogens is 1. The highest BCUT2D eigenvalue weighted by molar-refractivity contribution is 6.30. The summed E-state index contributed by atoms with van der Waals surface area (Å²) in [6.45, 7) is 3.99. The van der Waals surface area contributed by atoms with Gasteiger partial charge in [0, 0.05) is 22.2 Å². The van der Waals surface area contributed by atoms with E-state index in [0.717, 1.165) is 16.5 Å². The molecule has 6 heteroatoms. The van der Waals surface area contributed by atoms with Crippen LogP contribution >= 0.6 is 11.6 Å². The Hall–Kier alpha value is -2.66. The number of rotatable bonds is 6. The summed E-state index contributed by atoms with van der Waals surface area (Å²) < 4.78 is 0. The number of hydrogen-bond acceptors (Lipinski definition) is 4. The molecule has 3 aromatic rings. The fourth-order valence-electron chi connectivity index (χ4n) is 2.82. The van der Waals surface area contributed by atoms with Crippen molar-refractivity contribution in [3.05, 3.63) is 53.7 Å². The summed E-state index contributed by atoms with van der Waals surface area (Å²) in [5.41, 5.74) is 2.29. The lowest BCUT2D eigenvalue weighted by Gasteiger charge is -2.19. The van der Waals surface area contributed by atoms with Gasteiger partial charge < -0.3 is 10.4 Å². The van der Waals surface area contributed by atoms with E-state index in [1.165, 1.54) is 0 Å². The van der Waals surface area contributed by atoms with E-state index in [2.05, 4.69) is 15.3 Å². The lowest BCUT2D eigenvalue weighted by Crippen LogP contribution is -2.31. The molecule has 0 spiro atoms. The van der Waals surface area contributed by atoms with Gasteiger partial charge in [0.25, 0.3) is 0 Å². The first kappa shape index (κ1) is 18.1. The monoisotopic (exact) mass is 369 g/mol. The second kappa shape index (κ2) is 7.70. The standard InChI is InChI=1S/C20H20ClN3O2/c1-12(2)10-17(20(25)26)23-19-16(13-5-7-15(21)8-6-13)11-14-4-3-9-22-18(14)24-19/h3-9,11-12,17H,10H2,1-2H3,(H,25,26)(H,22,23,24). The summed E-state index contributed by atoms with van der Waals surface area (Å²) in [6.07, 6.45) is 2.17. The van der Waals surface area contributed by atoms with Gasteiger partial charge in [0.1, 0.15) is 11.9 Å². The van der Waals surface area contributed by atoms with Gasteiger partial charge in [-0.05, 0) is 48.2 Å². The molecular formula is C20H20ClN3O2. The normalized spacial score (nSPS) is 12.3. The van der Waals surface area contributed by atoms with Gasteiger partial charge in [-0.2, -0.15) is 0 Å². The highest BCUT2D eigenvalue weighted by Crippen LogP contribution is 2.31. The Morgan fingerprint density at radius 2 is 1.96 bits per heavy atom. The van der Waals surface area contributed by atoms with Crippen molar-refractivity contribution in [2.24, 2.45) is 5.92 Å². The molecule has 0 saturated carbocycles. The zero-order valence-corrected chi connectivity index (χ0v) is 15.4. The fraction of sp³-hybridized carbons (Fsp3) is 0.250. The molecule has 26 heavy (non-hydrogen) atoms. The van der Waals surface area contributed by atoms with Crippen LogP contribution in [0.25, 0.3) is 22.2 Å². The molecule has 1 atom stereocenters. The van der Waals surface area contributed by atoms with Crippen molar-refractivity contribution in [1.29, 1.82) is 0 Å². The van der Waals surface area contributed by atoms with Crippen LogP contribution in [0.15, 0.2) is 48.7 Å². The molecule has 0 aliphatic carbocycles. The minimum atomic E-state index is -0.899. The number of aliphatic carboxylic acids is 1. The molecule has 0 aliphatic rings. The fourth-order valence-corrected chi connectivity index (χ4v) is 2.95. The molecule has 2 heterocycles. The van der Waals surface area contributed by atoms with E-state index in [4.69, 9.17) is 11.6 Å². The highest BCUT2D eigenvalue weighted by atomic mass is 35.5. The Balaban J connectivity index is 2.10. The molecule has 0 fully saturated rings. The summed E-state index contributed by atoms with van der Waals surface area (Å²) in [5.74, 6) is -0.156. The quantitative estimate of drug-likeness (QED) is 0.648. The first-order valence-corrected chi connectivity index (χ1v) is 8.83. The molecule has 1 aromatic carbocycles. The summed E-state index contributed by atoms with van der Waals surface area (Å²) in [7, 11) is 0. The number of pyridine rings is 2. The molecule has 0 radical (unpaired) electrons. The largest absolute Gasteiger partial charge is 0.480 e. The molecule has 134 valence electrons. The predicted molar refractivity (Wildman–Crippen MR) is 104 cm³/mol. The molecule has 5 nitrogen and oxygen atoms in total. The number of hydrogen-bond donors (Lipinski definition) is 2. The van der Waals surface area contributed by atoms with Crippen LogP contribution in [0.4, 0.5) is 5.82 Å². The molecule has 2 N–H and O–H groups in total. The van der Waals surface area contributed by atoms with Crippen molar-refractivity contribution in [3.63, 3.8) is 0 Å². The average molecular weight is 370 g/mol. The number of fused-ring (bicyclic) bond motifs is 1. The van der Waals surface area contributed by atoms with Gasteiger partial charge in [-0.3, -0.25) is 0 Å². The van der Waals surface area contributed by atoms with Gasteiger partial charge in [0.15, 0.2) is 5.65 Å². The number of carboxylic acids is 1. The van der Waals surface area contributed by atoms with Crippen LogP contribution in [-0.4, -0.2) is 27.1 Å². The number of nitrogens with zero attached hydrogens (tertiary/aromatic N) is 2. The summed E-state index contributed by atoms with van der Waals surface area (Å²) in [5, 5.41) is 14.2. The zero-order chi connectivity index (χ0) is 18.7. The van der Waals surface area contributed by atoms with Crippen molar-refractivity contribution in [1.82, 2.24) is 9.97 Å². The molecule has 0 aliphatic heterocycles. The lowest BCUT2D eigenvalue weighted by atomic mass is 10.0. The van der Waals surface area contributed by atoms with Gasteiger partial charge in [-0.1, -0.05) is 37.6 Å². The highest BCUT2D eigenvalue weighted by Gasteiger charge is 2.21. The van der Waals surface area contributed by atoms with Crippen molar-refractivity contribution < 1.29 is 9.90 Å². The SMILES string of the molecule is CC(C)CC(Nc1nc2ncccc2cc1-c1ccc(Cl)cc1)C(=O)O. The van der Waals surface area contributed by atoms with Gasteiger partial charge >= 0.3 is 5.97 Å². The summed E-state index contributed by atoms with van der Waals surface area (Å²) >= 11 is 6.00. The first-order chi connectivity index (χ1) is 12.4. The van der Waals surface area contributed by atoms with E-state index >= 15 is 0 Å². The Labute approximate surface area is 157 Å². The van der Waals surface area contributed by atoms with Gasteiger partial charge in [0.05, 0.1) is 0 Å². The third kappa shape index (κ3) is 4.11. The van der Waals surface area contributed by atoms with Crippen LogP contribution in [0, 0.1) is 5.92 Å². The topological polar surface area (TPSA) is 75.1 Å². The summed E-state index contributed by atoms with van der Waals surface area (Å²) in [6, 6.07) is 12.4. The van der Waals surface area contributed by atoms with E-state index in [1.54, 1.807) is 18.3 Å². The van der Waals surface area contributed by atoms with E-state index in [-0.39, 0.29) is 5.92 Å². The Bertz CT molecular complexity index is 926. The van der Waals surface area contributed by atoms with Crippen LogP contribution in [0.1, 0.15) is 20.3 Å². The molecule has 0 saturated heterocycles. The Morgan fingerprint density at radius 3 is 2.62 bits per heavy atom. The number of carbonyl (C=O) groups is 1. The van der Waals surface area contributed by atoms with Crippen LogP contribution in [0.5, 0.6) is 0 Å². The predicted octanol–water partition coefficient (Wildman–Crippen LogP) is 4.86. The molecule has 2 aromatic heterocycles. The zero-order valence-electron chi connectivity index (χ0n) is 14.6. The van der Waals surface area contributed by atoms with Crippen LogP contribution in [0.3, 0.4) is 0 Å². The van der Waals surface area contributed by atoms with Gasteiger partial charge in [-0.25, -0.2) is 14.8 Å². The molecule has 3 rings (SSSR count). The summed E-state index contributed by atoms with van der Waals surface area (Å²) in [4.78, 5) is 20.5. The second-order valence-corrected chi connectivity index (χ2v) is 7.04. The molecule has 0 amide bonds. The smallest absolute Gasteiger partial charge is 0.326 e. The van der Waals surface area contributed by atoms with Crippen molar-refractivity contribution >= 4 is 34.4 Å². The maximum absolute atomic E-state index is 11.7. The van der Waals surface area contributed by atoms with E-state index in [0.29, 0.717) is 22.9 Å². The van der Waals surface area contributed by atoms with E-state index in [1.807, 2.05) is 44.2 Å². The maximum Gasteiger partial charge on any atom is 0.326 e. The van der Waals surface area contributed by atoms with Crippen molar-refractivity contribution in [3.8, 4) is 11.1 Å².